The maximum atomic E-state index is 12.7. The van der Waals surface area contributed by atoms with Crippen LogP contribution in [0.4, 0.5) is 11.4 Å². The number of piperazine rings is 1. The third kappa shape index (κ3) is 3.49. The summed E-state index contributed by atoms with van der Waals surface area (Å²) in [6, 6.07) is 13.5. The first-order valence-corrected chi connectivity index (χ1v) is 12.4. The van der Waals surface area contributed by atoms with Crippen LogP contribution in [0.15, 0.2) is 47.4 Å². The molecule has 0 saturated carbocycles. The normalized spacial score (nSPS) is 27.2. The van der Waals surface area contributed by atoms with E-state index in [0.717, 1.165) is 62.3 Å². The van der Waals surface area contributed by atoms with Crippen molar-refractivity contribution in [2.45, 2.75) is 50.9 Å². The topological polar surface area (TPSA) is 70.6 Å². The smallest absolute Gasteiger partial charge is 0.253 e. The SMILES string of the molecule is C[C@@H]1CN(c2cc(=O)n(C)c3ncccc23)C[C@@H]2c3ccc(N4CCC[C@](C)(N)C4)cc3CN12. The highest BCUT2D eigenvalue weighted by Gasteiger charge is 2.39. The van der Waals surface area contributed by atoms with E-state index in [1.165, 1.54) is 16.8 Å². The molecule has 2 N–H and O–H groups in total. The van der Waals surface area contributed by atoms with Crippen molar-refractivity contribution in [3.63, 3.8) is 0 Å². The molecular weight excluding hydrogens is 424 g/mol. The zero-order chi connectivity index (χ0) is 23.6. The summed E-state index contributed by atoms with van der Waals surface area (Å²) in [5.41, 5.74) is 12.2. The predicted molar refractivity (Wildman–Crippen MR) is 137 cm³/mol. The van der Waals surface area contributed by atoms with Gasteiger partial charge in [-0.05, 0) is 62.1 Å². The first kappa shape index (κ1) is 21.6. The average molecular weight is 459 g/mol. The number of hydrogen-bond donors (Lipinski definition) is 1. The number of fused-ring (bicyclic) bond motifs is 4. The Morgan fingerprint density at radius 3 is 2.82 bits per heavy atom. The van der Waals surface area contributed by atoms with E-state index in [0.29, 0.717) is 12.1 Å². The minimum Gasteiger partial charge on any atom is -0.370 e. The van der Waals surface area contributed by atoms with Gasteiger partial charge in [0.2, 0.25) is 0 Å². The van der Waals surface area contributed by atoms with Crippen molar-refractivity contribution >= 4 is 22.4 Å². The fourth-order valence-corrected chi connectivity index (χ4v) is 6.32. The van der Waals surface area contributed by atoms with Gasteiger partial charge < -0.3 is 15.5 Å². The fraction of sp³-hybridized carbons (Fsp3) is 0.481. The lowest BCUT2D eigenvalue weighted by Gasteiger charge is -2.43. The van der Waals surface area contributed by atoms with Crippen LogP contribution < -0.4 is 21.1 Å². The molecule has 2 aromatic heterocycles. The Morgan fingerprint density at radius 1 is 1.15 bits per heavy atom. The Bertz CT molecular complexity index is 1310. The van der Waals surface area contributed by atoms with Crippen molar-refractivity contribution in [1.29, 1.82) is 0 Å². The lowest BCUT2D eigenvalue weighted by Crippen LogP contribution is -2.52. The molecule has 0 unspecified atom stereocenters. The molecule has 2 fully saturated rings. The summed E-state index contributed by atoms with van der Waals surface area (Å²) in [4.78, 5) is 24.7. The van der Waals surface area contributed by atoms with E-state index in [-0.39, 0.29) is 11.1 Å². The van der Waals surface area contributed by atoms with Crippen LogP contribution in [-0.4, -0.2) is 52.2 Å². The van der Waals surface area contributed by atoms with Gasteiger partial charge in [-0.25, -0.2) is 4.98 Å². The maximum absolute atomic E-state index is 12.7. The Kier molecular flexibility index (Phi) is 4.97. The molecule has 5 heterocycles. The molecule has 7 heteroatoms. The van der Waals surface area contributed by atoms with Gasteiger partial charge in [0.1, 0.15) is 5.65 Å². The predicted octanol–water partition coefficient (Wildman–Crippen LogP) is 3.02. The number of nitrogens with two attached hydrogens (primary N) is 1. The number of rotatable bonds is 2. The number of anilines is 2. The molecule has 2 saturated heterocycles. The van der Waals surface area contributed by atoms with Gasteiger partial charge in [0.15, 0.2) is 0 Å². The first-order valence-electron chi connectivity index (χ1n) is 12.4. The van der Waals surface area contributed by atoms with Gasteiger partial charge in [0.25, 0.3) is 5.56 Å². The van der Waals surface area contributed by atoms with E-state index in [4.69, 9.17) is 5.73 Å². The second-order valence-electron chi connectivity index (χ2n) is 10.8. The Morgan fingerprint density at radius 2 is 2.00 bits per heavy atom. The van der Waals surface area contributed by atoms with Crippen LogP contribution in [0.3, 0.4) is 0 Å². The van der Waals surface area contributed by atoms with Crippen LogP contribution in [0.25, 0.3) is 11.0 Å². The van der Waals surface area contributed by atoms with Gasteiger partial charge in [-0.3, -0.25) is 14.3 Å². The molecule has 7 nitrogen and oxygen atoms in total. The lowest BCUT2D eigenvalue weighted by molar-refractivity contribution is 0.134. The summed E-state index contributed by atoms with van der Waals surface area (Å²) in [5, 5.41) is 1.04. The molecule has 34 heavy (non-hydrogen) atoms. The van der Waals surface area contributed by atoms with Crippen molar-refractivity contribution < 1.29 is 0 Å². The van der Waals surface area contributed by atoms with Crippen LogP contribution in [-0.2, 0) is 13.6 Å². The Labute approximate surface area is 200 Å². The van der Waals surface area contributed by atoms with Gasteiger partial charge in [-0.15, -0.1) is 0 Å². The van der Waals surface area contributed by atoms with Crippen molar-refractivity contribution in [3.8, 4) is 0 Å². The van der Waals surface area contributed by atoms with E-state index in [9.17, 15) is 4.79 Å². The largest absolute Gasteiger partial charge is 0.370 e. The fourth-order valence-electron chi connectivity index (χ4n) is 6.32. The summed E-state index contributed by atoms with van der Waals surface area (Å²) < 4.78 is 1.64. The summed E-state index contributed by atoms with van der Waals surface area (Å²) in [7, 11) is 1.79. The van der Waals surface area contributed by atoms with Crippen LogP contribution in [0.2, 0.25) is 0 Å². The highest BCUT2D eigenvalue weighted by atomic mass is 16.1. The molecule has 0 radical (unpaired) electrons. The van der Waals surface area contributed by atoms with Gasteiger partial charge >= 0.3 is 0 Å². The summed E-state index contributed by atoms with van der Waals surface area (Å²) in [5.74, 6) is 0. The van der Waals surface area contributed by atoms with Crippen molar-refractivity contribution in [2.24, 2.45) is 12.8 Å². The molecule has 0 spiro atoms. The van der Waals surface area contributed by atoms with Gasteiger partial charge in [-0.2, -0.15) is 0 Å². The lowest BCUT2D eigenvalue weighted by atomic mass is 9.91. The molecule has 3 aliphatic rings. The highest BCUT2D eigenvalue weighted by molar-refractivity contribution is 5.89. The number of aryl methyl sites for hydroxylation is 1. The minimum atomic E-state index is -0.117. The Hall–Kier alpha value is -2.90. The van der Waals surface area contributed by atoms with Crippen LogP contribution in [0.1, 0.15) is 43.9 Å². The highest BCUT2D eigenvalue weighted by Crippen LogP contribution is 2.42. The van der Waals surface area contributed by atoms with Crippen LogP contribution in [0.5, 0.6) is 0 Å². The number of nitrogens with zero attached hydrogens (tertiary/aromatic N) is 5. The monoisotopic (exact) mass is 458 g/mol. The molecule has 0 amide bonds. The molecule has 3 aliphatic heterocycles. The number of hydrogen-bond acceptors (Lipinski definition) is 6. The average Bonchev–Trinajstić information content (AvgIpc) is 3.19. The molecule has 0 aliphatic carbocycles. The van der Waals surface area contributed by atoms with E-state index in [1.807, 2.05) is 6.07 Å². The zero-order valence-electron chi connectivity index (χ0n) is 20.4. The Balaban J connectivity index is 1.33. The van der Waals surface area contributed by atoms with E-state index in [2.05, 4.69) is 57.8 Å². The van der Waals surface area contributed by atoms with Crippen LogP contribution >= 0.6 is 0 Å². The second-order valence-corrected chi connectivity index (χ2v) is 10.8. The van der Waals surface area contributed by atoms with Gasteiger partial charge in [-0.1, -0.05) is 6.07 Å². The molecule has 6 rings (SSSR count). The van der Waals surface area contributed by atoms with Crippen molar-refractivity contribution in [1.82, 2.24) is 14.5 Å². The van der Waals surface area contributed by atoms with E-state index >= 15 is 0 Å². The molecular formula is C27H34N6O. The number of aromatic nitrogens is 2. The third-order valence-corrected chi connectivity index (χ3v) is 8.09. The molecule has 0 bridgehead atoms. The van der Waals surface area contributed by atoms with Gasteiger partial charge in [0, 0.05) is 74.7 Å². The number of pyridine rings is 2. The molecule has 1 aromatic carbocycles. The zero-order valence-corrected chi connectivity index (χ0v) is 20.4. The number of benzene rings is 1. The van der Waals surface area contributed by atoms with Crippen molar-refractivity contribution in [3.05, 3.63) is 64.1 Å². The maximum Gasteiger partial charge on any atom is 0.253 e. The summed E-state index contributed by atoms with van der Waals surface area (Å²) in [6.07, 6.45) is 3.99. The number of piperidine rings is 1. The van der Waals surface area contributed by atoms with E-state index in [1.54, 1.807) is 23.9 Å². The third-order valence-electron chi connectivity index (χ3n) is 8.09. The second kappa shape index (κ2) is 7.82. The van der Waals surface area contributed by atoms with Crippen molar-refractivity contribution in [2.75, 3.05) is 36.0 Å². The van der Waals surface area contributed by atoms with Gasteiger partial charge in [0.05, 0.1) is 11.7 Å². The summed E-state index contributed by atoms with van der Waals surface area (Å²) >= 11 is 0. The standard InChI is InChI=1S/C27H34N6O/c1-18-14-32(23-13-25(34)30(3)26-22(23)6-4-10-29-26)16-24-21-8-7-20(12-19(21)15-33(18)24)31-11-5-9-27(2,28)17-31/h4,6-8,10,12-13,18,24H,5,9,11,14-17,28H2,1-3H3/t18-,24-,27+/m1/s1. The summed E-state index contributed by atoms with van der Waals surface area (Å²) in [6.45, 7) is 9.21. The molecule has 3 aromatic rings. The minimum absolute atomic E-state index is 0.0128. The molecule has 178 valence electrons. The quantitative estimate of drug-likeness (QED) is 0.637. The molecule has 3 atom stereocenters. The van der Waals surface area contributed by atoms with E-state index < -0.39 is 0 Å². The first-order chi connectivity index (χ1) is 16.3. The van der Waals surface area contributed by atoms with Crippen LogP contribution in [0, 0.1) is 0 Å².